The van der Waals surface area contributed by atoms with Crippen molar-refractivity contribution < 1.29 is 14.4 Å². The number of aryl methyl sites for hydroxylation is 1. The van der Waals surface area contributed by atoms with Crippen molar-refractivity contribution in [2.75, 3.05) is 5.32 Å². The summed E-state index contributed by atoms with van der Waals surface area (Å²) in [5, 5.41) is 14.7. The molecule has 1 aromatic carbocycles. The Morgan fingerprint density at radius 1 is 1.50 bits per heavy atom. The first-order valence-corrected chi connectivity index (χ1v) is 4.55. The number of aromatic nitrogens is 2. The Hall–Kier alpha value is -2.37. The average molecular weight is 219 g/mol. The minimum atomic E-state index is -1.13. The number of amides is 1. The molecule has 0 unspecified atom stereocenters. The van der Waals surface area contributed by atoms with Crippen LogP contribution in [0, 0.1) is 6.92 Å². The molecule has 2 rings (SSSR count). The molecule has 1 aromatic heterocycles. The van der Waals surface area contributed by atoms with E-state index >= 15 is 0 Å². The molecule has 0 aliphatic heterocycles. The van der Waals surface area contributed by atoms with Crippen LogP contribution in [0.1, 0.15) is 5.56 Å². The van der Waals surface area contributed by atoms with E-state index in [1.807, 2.05) is 0 Å². The minimum absolute atomic E-state index is 0.354. The zero-order valence-corrected chi connectivity index (χ0v) is 8.47. The zero-order valence-electron chi connectivity index (χ0n) is 8.47. The highest BCUT2D eigenvalue weighted by atomic mass is 16.5. The summed E-state index contributed by atoms with van der Waals surface area (Å²) >= 11 is 0. The molecule has 0 fully saturated rings. The number of anilines is 1. The Kier molecular flexibility index (Phi) is 2.55. The maximum absolute atomic E-state index is 10.7. The number of para-hydroxylation sites is 1. The van der Waals surface area contributed by atoms with E-state index in [0.717, 1.165) is 5.56 Å². The monoisotopic (exact) mass is 219 g/mol. The van der Waals surface area contributed by atoms with Crippen molar-refractivity contribution in [2.24, 2.45) is 0 Å². The molecule has 0 aliphatic rings. The van der Waals surface area contributed by atoms with Crippen LogP contribution >= 0.6 is 0 Å². The van der Waals surface area contributed by atoms with Gasteiger partial charge in [0.15, 0.2) is 0 Å². The molecule has 0 aliphatic carbocycles. The highest BCUT2D eigenvalue weighted by Crippen LogP contribution is 2.28. The van der Waals surface area contributed by atoms with E-state index in [1.165, 1.54) is 6.39 Å². The van der Waals surface area contributed by atoms with E-state index in [0.29, 0.717) is 17.1 Å². The van der Waals surface area contributed by atoms with Gasteiger partial charge in [0.1, 0.15) is 0 Å². The quantitative estimate of drug-likeness (QED) is 0.807. The molecule has 0 bridgehead atoms. The third-order valence-corrected chi connectivity index (χ3v) is 2.11. The van der Waals surface area contributed by atoms with Crippen molar-refractivity contribution in [3.05, 3.63) is 30.2 Å². The van der Waals surface area contributed by atoms with Gasteiger partial charge in [0.25, 0.3) is 0 Å². The first kappa shape index (κ1) is 10.2. The minimum Gasteiger partial charge on any atom is -0.465 e. The number of carboxylic acid groups (broad SMARTS) is 1. The molecule has 0 saturated heterocycles. The molecule has 2 N–H and O–H groups in total. The second-order valence-electron chi connectivity index (χ2n) is 3.18. The SMILES string of the molecule is Cc1cccc(-c2ncon2)c1NC(=O)O. The van der Waals surface area contributed by atoms with E-state index in [9.17, 15) is 4.79 Å². The van der Waals surface area contributed by atoms with Crippen LogP contribution in [0.2, 0.25) is 0 Å². The van der Waals surface area contributed by atoms with Gasteiger partial charge in [-0.15, -0.1) is 0 Å². The molecule has 0 spiro atoms. The van der Waals surface area contributed by atoms with Crippen LogP contribution < -0.4 is 5.32 Å². The van der Waals surface area contributed by atoms with E-state index in [1.54, 1.807) is 25.1 Å². The summed E-state index contributed by atoms with van der Waals surface area (Å²) in [6.45, 7) is 1.80. The molecule has 1 heterocycles. The Balaban J connectivity index is 2.52. The van der Waals surface area contributed by atoms with Crippen molar-refractivity contribution in [2.45, 2.75) is 6.92 Å². The Morgan fingerprint density at radius 3 is 2.94 bits per heavy atom. The largest absolute Gasteiger partial charge is 0.465 e. The second-order valence-corrected chi connectivity index (χ2v) is 3.18. The Bertz CT molecular complexity index is 508. The number of rotatable bonds is 2. The number of nitrogens with zero attached hydrogens (tertiary/aromatic N) is 2. The fourth-order valence-electron chi connectivity index (χ4n) is 1.42. The van der Waals surface area contributed by atoms with Gasteiger partial charge < -0.3 is 9.63 Å². The highest BCUT2D eigenvalue weighted by Gasteiger charge is 2.13. The van der Waals surface area contributed by atoms with Crippen LogP contribution in [0.15, 0.2) is 29.1 Å². The lowest BCUT2D eigenvalue weighted by atomic mass is 10.1. The summed E-state index contributed by atoms with van der Waals surface area (Å²) in [7, 11) is 0. The van der Waals surface area contributed by atoms with Crippen LogP contribution in [0.4, 0.5) is 10.5 Å². The molecule has 0 radical (unpaired) electrons. The topological polar surface area (TPSA) is 88.3 Å². The molecule has 1 amide bonds. The van der Waals surface area contributed by atoms with Crippen molar-refractivity contribution >= 4 is 11.8 Å². The molecular weight excluding hydrogens is 210 g/mol. The molecule has 0 saturated carbocycles. The molecular formula is C10H9N3O3. The highest BCUT2D eigenvalue weighted by molar-refractivity contribution is 5.90. The summed E-state index contributed by atoms with van der Waals surface area (Å²) in [5.41, 5.74) is 1.86. The van der Waals surface area contributed by atoms with E-state index in [-0.39, 0.29) is 0 Å². The lowest BCUT2D eigenvalue weighted by Crippen LogP contribution is -2.09. The Labute approximate surface area is 90.9 Å². The predicted molar refractivity (Wildman–Crippen MR) is 56.1 cm³/mol. The molecule has 2 aromatic rings. The van der Waals surface area contributed by atoms with Crippen molar-refractivity contribution in [3.8, 4) is 11.4 Å². The van der Waals surface area contributed by atoms with Crippen molar-refractivity contribution in [3.63, 3.8) is 0 Å². The van der Waals surface area contributed by atoms with Crippen LogP contribution in [0.5, 0.6) is 0 Å². The van der Waals surface area contributed by atoms with Crippen molar-refractivity contribution in [1.82, 2.24) is 10.1 Å². The Morgan fingerprint density at radius 2 is 2.31 bits per heavy atom. The summed E-state index contributed by atoms with van der Waals surface area (Å²) in [4.78, 5) is 14.6. The predicted octanol–water partition coefficient (Wildman–Crippen LogP) is 2.13. The number of hydrogen-bond donors (Lipinski definition) is 2. The van der Waals surface area contributed by atoms with Gasteiger partial charge in [-0.1, -0.05) is 17.3 Å². The van der Waals surface area contributed by atoms with E-state index in [2.05, 4.69) is 20.0 Å². The molecule has 16 heavy (non-hydrogen) atoms. The molecule has 82 valence electrons. The van der Waals surface area contributed by atoms with E-state index < -0.39 is 6.09 Å². The average Bonchev–Trinajstić information content (AvgIpc) is 2.73. The third-order valence-electron chi connectivity index (χ3n) is 2.11. The van der Waals surface area contributed by atoms with Gasteiger partial charge in [0.2, 0.25) is 12.2 Å². The van der Waals surface area contributed by atoms with Gasteiger partial charge in [-0.3, -0.25) is 5.32 Å². The summed E-state index contributed by atoms with van der Waals surface area (Å²) < 4.78 is 4.63. The number of nitrogens with one attached hydrogen (secondary N) is 1. The van der Waals surface area contributed by atoms with Crippen molar-refractivity contribution in [1.29, 1.82) is 0 Å². The third kappa shape index (κ3) is 1.85. The second kappa shape index (κ2) is 4.01. The fraction of sp³-hybridized carbons (Fsp3) is 0.100. The van der Waals surface area contributed by atoms with Gasteiger partial charge in [-0.05, 0) is 18.6 Å². The lowest BCUT2D eigenvalue weighted by Gasteiger charge is -2.08. The first-order chi connectivity index (χ1) is 7.68. The molecule has 6 heteroatoms. The fourth-order valence-corrected chi connectivity index (χ4v) is 1.42. The normalized spacial score (nSPS) is 10.1. The number of hydrogen-bond acceptors (Lipinski definition) is 4. The maximum Gasteiger partial charge on any atom is 0.409 e. The lowest BCUT2D eigenvalue weighted by molar-refractivity contribution is 0.209. The van der Waals surface area contributed by atoms with Crippen LogP contribution in [-0.2, 0) is 0 Å². The smallest absolute Gasteiger partial charge is 0.409 e. The molecule has 6 nitrogen and oxygen atoms in total. The van der Waals surface area contributed by atoms with Gasteiger partial charge in [0, 0.05) is 5.56 Å². The molecule has 0 atom stereocenters. The number of carbonyl (C=O) groups is 1. The van der Waals surface area contributed by atoms with Gasteiger partial charge >= 0.3 is 6.09 Å². The zero-order chi connectivity index (χ0) is 11.5. The summed E-state index contributed by atoms with van der Waals surface area (Å²) in [6, 6.07) is 5.33. The van der Waals surface area contributed by atoms with E-state index in [4.69, 9.17) is 5.11 Å². The van der Waals surface area contributed by atoms with Crippen LogP contribution in [0.3, 0.4) is 0 Å². The van der Waals surface area contributed by atoms with Crippen LogP contribution in [-0.4, -0.2) is 21.3 Å². The number of benzene rings is 1. The van der Waals surface area contributed by atoms with Gasteiger partial charge in [-0.25, -0.2) is 4.79 Å². The first-order valence-electron chi connectivity index (χ1n) is 4.55. The van der Waals surface area contributed by atoms with Crippen LogP contribution in [0.25, 0.3) is 11.4 Å². The summed E-state index contributed by atoms with van der Waals surface area (Å²) in [5.74, 6) is 0.354. The standard InChI is InChI=1S/C10H9N3O3/c1-6-3-2-4-7(8(6)12-10(14)15)9-11-5-16-13-9/h2-5,12H,1H3,(H,14,15). The summed E-state index contributed by atoms with van der Waals surface area (Å²) in [6.07, 6.45) is 0.0708. The van der Waals surface area contributed by atoms with Gasteiger partial charge in [-0.2, -0.15) is 4.98 Å². The maximum atomic E-state index is 10.7. The van der Waals surface area contributed by atoms with Gasteiger partial charge in [0.05, 0.1) is 5.69 Å².